The van der Waals surface area contributed by atoms with E-state index in [4.69, 9.17) is 66.1 Å². The number of fused-ring (bicyclic) bond motifs is 8. The second-order valence-corrected chi connectivity index (χ2v) is 20.8. The van der Waals surface area contributed by atoms with E-state index in [0.717, 1.165) is 62.4 Å². The average Bonchev–Trinajstić information content (AvgIpc) is 3.82. The summed E-state index contributed by atoms with van der Waals surface area (Å²) in [5.74, 6) is 0.438. The summed E-state index contributed by atoms with van der Waals surface area (Å²) < 4.78 is 64.8. The maximum Gasteiger partial charge on any atom is 0.345 e. The Kier molecular flexibility index (Phi) is 16.7. The van der Waals surface area contributed by atoms with Crippen LogP contribution in [0.2, 0.25) is 10.0 Å². The van der Waals surface area contributed by atoms with E-state index in [9.17, 15) is 9.90 Å². The van der Waals surface area contributed by atoms with Gasteiger partial charge in [-0.25, -0.2) is 29.1 Å². The van der Waals surface area contributed by atoms with Crippen LogP contribution in [0.1, 0.15) is 54.2 Å². The second-order valence-electron chi connectivity index (χ2n) is 19.0. The lowest BCUT2D eigenvalue weighted by molar-refractivity contribution is -0.145. The summed E-state index contributed by atoms with van der Waals surface area (Å²) in [5.41, 5.74) is 1.83. The Morgan fingerprint density at radius 3 is 2.43 bits per heavy atom. The lowest BCUT2D eigenvalue weighted by atomic mass is 9.87. The van der Waals surface area contributed by atoms with E-state index in [1.54, 1.807) is 37.6 Å². The number of nitrogens with zero attached hydrogens (tertiary/aromatic N) is 6. The van der Waals surface area contributed by atoms with E-state index >= 15 is 4.39 Å². The Bertz CT molecular complexity index is 3140. The number of hydrogen-bond donors (Lipinski definition) is 1. The van der Waals surface area contributed by atoms with Crippen molar-refractivity contribution in [1.29, 1.82) is 0 Å². The molecule has 1 saturated carbocycles. The first-order valence-electron chi connectivity index (χ1n) is 25.1. The maximum absolute atomic E-state index is 15.3. The molecule has 0 unspecified atom stereocenters. The van der Waals surface area contributed by atoms with E-state index in [0.29, 0.717) is 112 Å². The van der Waals surface area contributed by atoms with Gasteiger partial charge in [-0.05, 0) is 92.4 Å². The van der Waals surface area contributed by atoms with Gasteiger partial charge < -0.3 is 47.9 Å². The summed E-state index contributed by atoms with van der Waals surface area (Å²) in [4.78, 5) is 37.3. The van der Waals surface area contributed by atoms with Crippen molar-refractivity contribution in [3.05, 3.63) is 93.5 Å². The third kappa shape index (κ3) is 11.6. The predicted molar refractivity (Wildman–Crippen MR) is 282 cm³/mol. The van der Waals surface area contributed by atoms with E-state index in [-0.39, 0.29) is 53.3 Å². The molecule has 74 heavy (non-hydrogen) atoms. The molecule has 20 heteroatoms. The number of rotatable bonds is 17. The Balaban J connectivity index is 0.942. The first kappa shape index (κ1) is 52.2. The highest BCUT2D eigenvalue weighted by Crippen LogP contribution is 2.53. The number of piperazine rings is 1. The quantitative estimate of drug-likeness (QED) is 0.0675. The molecule has 3 aliphatic heterocycles. The monoisotopic (exact) mass is 1070 g/mol. The highest BCUT2D eigenvalue weighted by atomic mass is 35.5. The third-order valence-electron chi connectivity index (χ3n) is 14.0. The molecule has 2 atom stereocenters. The minimum atomic E-state index is -1.45. The van der Waals surface area contributed by atoms with Crippen LogP contribution in [-0.4, -0.2) is 152 Å². The lowest BCUT2D eigenvalue weighted by Crippen LogP contribution is -2.49. The van der Waals surface area contributed by atoms with Crippen molar-refractivity contribution < 1.29 is 52.2 Å². The molecule has 6 bridgehead atoms. The highest BCUT2D eigenvalue weighted by molar-refractivity contribution is 7.26. The van der Waals surface area contributed by atoms with Gasteiger partial charge in [-0.3, -0.25) is 4.90 Å². The van der Waals surface area contributed by atoms with Crippen LogP contribution in [0.4, 0.5) is 4.39 Å². The minimum absolute atomic E-state index is 0.0496. The second kappa shape index (κ2) is 23.7. The summed E-state index contributed by atoms with van der Waals surface area (Å²) in [6.07, 6.45) is 4.64. The van der Waals surface area contributed by atoms with Crippen molar-refractivity contribution in [1.82, 2.24) is 29.7 Å². The molecular weight excluding hydrogens is 1010 g/mol. The average molecular weight is 1070 g/mol. The largest absolute Gasteiger partial charge is 0.490 e. The number of thiophene rings is 1. The molecule has 11 rings (SSSR count). The van der Waals surface area contributed by atoms with Gasteiger partial charge in [0.2, 0.25) is 12.0 Å². The Labute approximate surface area is 441 Å². The number of carboxylic acid groups (broad SMARTS) is 1. The standard InChI is InChI=1S/C54H59Cl2FN6O10S/c1-31-43-44-40-26-34(57)6-10-39(40)50-45(43)46-52(59-30-60-53(46)74-50)73-42(54(64)65)25-33-24-37(70-29-38(72-49(47(31)55)48(44)56)27-63-16-14-62(2)15-17-63)9-11-41(33)71-28-35-12-13-58-51(61-35)32-4-7-36(8-5-32)69-23-22-68-21-20-67-19-18-66-3/h6,9-13,24,26,30,32,36,38,42H,4-5,7-8,14-23,25,27-29H2,1-3H3,(H,64,65)/t32-,36-,38-,42-/m1/s1. The van der Waals surface area contributed by atoms with Gasteiger partial charge in [0.1, 0.15) is 53.6 Å². The summed E-state index contributed by atoms with van der Waals surface area (Å²) in [7, 11) is 3.74. The fraction of sp³-hybridized carbons (Fsp3) is 0.463. The number of carbonyl (C=O) groups is 1. The van der Waals surface area contributed by atoms with Gasteiger partial charge >= 0.3 is 5.97 Å². The van der Waals surface area contributed by atoms with Gasteiger partial charge in [-0.15, -0.1) is 11.3 Å². The molecule has 2 fully saturated rings. The van der Waals surface area contributed by atoms with Crippen LogP contribution in [-0.2, 0) is 36.8 Å². The number of halogens is 3. The lowest BCUT2D eigenvalue weighted by Gasteiger charge is -2.35. The topological polar surface area (TPSA) is 169 Å². The predicted octanol–water partition coefficient (Wildman–Crippen LogP) is 9.46. The van der Waals surface area contributed by atoms with Crippen LogP contribution in [0, 0.1) is 12.7 Å². The van der Waals surface area contributed by atoms with E-state index in [1.165, 1.54) is 29.8 Å². The highest BCUT2D eigenvalue weighted by Gasteiger charge is 2.32. The van der Waals surface area contributed by atoms with E-state index < -0.39 is 24.0 Å². The SMILES string of the molecule is COCCOCCOCCO[C@H]1CC[C@H](c2nccc(COc3ccc4cc3C[C@H](C(=O)O)Oc3ncnc5sc6c7ccc(F)cc7c7c(Cl)c(c(Cl)c(C)c7c6c35)O[C@H](CN3CCN(C)CC3)CO4)n2)CC1. The molecule has 0 amide bonds. The number of carboxylic acids is 1. The van der Waals surface area contributed by atoms with Gasteiger partial charge in [0, 0.05) is 84.8 Å². The van der Waals surface area contributed by atoms with Crippen molar-refractivity contribution in [3.63, 3.8) is 0 Å². The van der Waals surface area contributed by atoms with Crippen molar-refractivity contribution in [2.75, 3.05) is 93.1 Å². The summed E-state index contributed by atoms with van der Waals surface area (Å²) in [6, 6.07) is 11.7. The van der Waals surface area contributed by atoms with Gasteiger partial charge in [0.05, 0.1) is 66.9 Å². The minimum Gasteiger partial charge on any atom is -0.490 e. The molecule has 7 aromatic rings. The zero-order chi connectivity index (χ0) is 51.3. The van der Waals surface area contributed by atoms with Crippen LogP contribution < -0.4 is 18.9 Å². The summed E-state index contributed by atoms with van der Waals surface area (Å²) in [5, 5.41) is 14.9. The number of aromatic nitrogens is 4. The van der Waals surface area contributed by atoms with Crippen LogP contribution in [0.5, 0.6) is 23.1 Å². The molecule has 4 aliphatic rings. The number of aryl methyl sites for hydroxylation is 1. The van der Waals surface area contributed by atoms with Gasteiger partial charge in [0.15, 0.2) is 5.75 Å². The Morgan fingerprint density at radius 2 is 1.65 bits per heavy atom. The molecule has 0 spiro atoms. The number of likely N-dealkylation sites (N-methyl/N-ethyl adjacent to an activating group) is 1. The van der Waals surface area contributed by atoms with E-state index in [2.05, 4.69) is 31.8 Å². The fourth-order valence-electron chi connectivity index (χ4n) is 10.1. The van der Waals surface area contributed by atoms with Crippen molar-refractivity contribution in [2.45, 2.75) is 69.9 Å². The van der Waals surface area contributed by atoms with Crippen LogP contribution in [0.15, 0.2) is 55.0 Å². The molecule has 1 N–H and O–H groups in total. The van der Waals surface area contributed by atoms with Crippen molar-refractivity contribution in [3.8, 4) is 23.1 Å². The summed E-state index contributed by atoms with van der Waals surface area (Å²) in [6.45, 7) is 9.10. The van der Waals surface area contributed by atoms with Gasteiger partial charge in [-0.1, -0.05) is 29.3 Å². The maximum atomic E-state index is 15.3. The zero-order valence-corrected chi connectivity index (χ0v) is 43.9. The molecule has 6 heterocycles. The van der Waals surface area contributed by atoms with Crippen molar-refractivity contribution in [2.24, 2.45) is 0 Å². The molecule has 392 valence electrons. The normalized spacial score (nSPS) is 19.9. The Morgan fingerprint density at radius 1 is 0.865 bits per heavy atom. The van der Waals surface area contributed by atoms with E-state index in [1.807, 2.05) is 13.0 Å². The molecule has 3 aromatic heterocycles. The number of ether oxygens (including phenoxy) is 8. The zero-order valence-electron chi connectivity index (χ0n) is 41.6. The molecule has 1 saturated heterocycles. The Hall–Kier alpha value is -5.28. The number of aliphatic carboxylic acids is 1. The summed E-state index contributed by atoms with van der Waals surface area (Å²) >= 11 is 16.2. The number of benzene rings is 4. The van der Waals surface area contributed by atoms with Crippen LogP contribution >= 0.6 is 34.5 Å². The number of hydrogen-bond acceptors (Lipinski definition) is 16. The first-order chi connectivity index (χ1) is 36.0. The van der Waals surface area contributed by atoms with Gasteiger partial charge in [0.25, 0.3) is 0 Å². The molecule has 1 aliphatic carbocycles. The fourth-order valence-corrected chi connectivity index (χ4v) is 11.9. The van der Waals surface area contributed by atoms with Crippen LogP contribution in [0.3, 0.4) is 0 Å². The molecule has 0 radical (unpaired) electrons. The van der Waals surface area contributed by atoms with Crippen LogP contribution in [0.25, 0.3) is 41.8 Å². The molecule has 4 aromatic carbocycles. The van der Waals surface area contributed by atoms with Crippen molar-refractivity contribution >= 4 is 82.4 Å². The smallest absolute Gasteiger partial charge is 0.345 e. The third-order valence-corrected chi connectivity index (χ3v) is 16.0. The molecular formula is C54H59Cl2FN6O10S. The number of methoxy groups -OCH3 is 1. The van der Waals surface area contributed by atoms with Gasteiger partial charge in [-0.2, -0.15) is 0 Å². The first-order valence-corrected chi connectivity index (χ1v) is 26.6. The molecule has 16 nitrogen and oxygen atoms in total.